The number of halogens is 8. The standard InChI is InChI=1S/C14H13ClFN3O3S.C14H13ClFN3OS.C10H11FO2S.C7H4F2O2.C4H4ClN3.C3H8S.CH4/c1-8(2)23(21,22)12-4-3-9(5-11(12)16)13(20)19-10-6-17-14(15)18-7-10;1-8(2)21-12-4-3-9(5-11(12)16)13(20)19-10-6-17-14(15)18-7-10;1-6(2)14-9-4-3-7(10(12)13)5-8(9)11;8-5-2-1-4(7(10)11)3-6(5)9;5-4-7-1-3(6)2-8-4;1-3(2)4;/h3-8H,1-2H3,(H,19,20);3-8H,1-2H3,(H,19,20);3-6H,1-2H3,(H,12,13);1-3H,(H,10,11);1-2H,6H2;3-4H,1-2H3;1H4. The van der Waals surface area contributed by atoms with Crippen LogP contribution in [0.5, 0.6) is 0 Å². The predicted molar refractivity (Wildman–Crippen MR) is 316 cm³/mol. The van der Waals surface area contributed by atoms with E-state index >= 15 is 0 Å². The molecule has 17 nitrogen and oxygen atoms in total. The Kier molecular flexibility index (Phi) is 32.2. The van der Waals surface area contributed by atoms with E-state index < -0.39 is 72.8 Å². The van der Waals surface area contributed by atoms with Gasteiger partial charge < -0.3 is 26.6 Å². The highest BCUT2D eigenvalue weighted by atomic mass is 35.5. The molecule has 0 spiro atoms. The smallest absolute Gasteiger partial charge is 0.335 e. The highest BCUT2D eigenvalue weighted by molar-refractivity contribution is 8.00. The molecule has 3 heterocycles. The van der Waals surface area contributed by atoms with Gasteiger partial charge in [0.15, 0.2) is 21.5 Å². The van der Waals surface area contributed by atoms with Crippen LogP contribution in [-0.2, 0) is 9.84 Å². The molecule has 82 heavy (non-hydrogen) atoms. The molecule has 0 atom stereocenters. The third-order valence-corrected chi connectivity index (χ3v) is 13.7. The Morgan fingerprint density at radius 3 is 1.16 bits per heavy atom. The van der Waals surface area contributed by atoms with Crippen LogP contribution in [0.25, 0.3) is 0 Å². The van der Waals surface area contributed by atoms with Crippen LogP contribution in [0.1, 0.15) is 104 Å². The number of nitrogens with two attached hydrogens (primary N) is 1. The largest absolute Gasteiger partial charge is 0.478 e. The Bertz CT molecular complexity index is 3310. The number of hydrogen-bond donors (Lipinski definition) is 6. The van der Waals surface area contributed by atoms with E-state index in [1.807, 2.05) is 41.5 Å². The number of nitrogen functional groups attached to an aromatic ring is 1. The predicted octanol–water partition coefficient (Wildman–Crippen LogP) is 14.1. The third kappa shape index (κ3) is 26.9. The maximum Gasteiger partial charge on any atom is 0.335 e. The number of aromatic nitrogens is 6. The molecule has 0 aliphatic rings. The number of aromatic carboxylic acids is 2. The first-order valence-corrected chi connectivity index (χ1v) is 28.1. The topological polar surface area (TPSA) is 270 Å². The Morgan fingerprint density at radius 2 is 0.841 bits per heavy atom. The molecule has 6 N–H and O–H groups in total. The fourth-order valence-electron chi connectivity index (χ4n) is 5.21. The minimum absolute atomic E-state index is 0. The summed E-state index contributed by atoms with van der Waals surface area (Å²) in [6.45, 7) is 14.8. The molecule has 0 bridgehead atoms. The van der Waals surface area contributed by atoms with Gasteiger partial charge in [-0.15, -0.1) is 23.5 Å². The highest BCUT2D eigenvalue weighted by Gasteiger charge is 2.24. The first kappa shape index (κ1) is 73.3. The van der Waals surface area contributed by atoms with E-state index in [0.717, 1.165) is 30.3 Å². The van der Waals surface area contributed by atoms with E-state index in [4.69, 9.17) is 50.7 Å². The third-order valence-electron chi connectivity index (χ3n) is 8.78. The zero-order valence-electron chi connectivity index (χ0n) is 44.0. The molecule has 442 valence electrons. The van der Waals surface area contributed by atoms with E-state index in [1.54, 1.807) is 12.1 Å². The van der Waals surface area contributed by atoms with Crippen LogP contribution in [0.4, 0.5) is 39.0 Å². The zero-order chi connectivity index (χ0) is 61.3. The van der Waals surface area contributed by atoms with Crippen molar-refractivity contribution in [1.29, 1.82) is 0 Å². The van der Waals surface area contributed by atoms with Gasteiger partial charge in [0.2, 0.25) is 15.9 Å². The van der Waals surface area contributed by atoms with Crippen molar-refractivity contribution >= 4 is 122 Å². The van der Waals surface area contributed by atoms with Crippen LogP contribution in [0.2, 0.25) is 15.9 Å². The molecule has 0 unspecified atom stereocenters. The molecule has 0 saturated carbocycles. The summed E-state index contributed by atoms with van der Waals surface area (Å²) in [7, 11) is -3.76. The lowest BCUT2D eigenvalue weighted by atomic mass is 10.2. The minimum atomic E-state index is -3.76. The number of carbonyl (C=O) groups is 4. The monoisotopic (exact) mass is 1280 g/mol. The van der Waals surface area contributed by atoms with Crippen molar-refractivity contribution in [2.75, 3.05) is 16.4 Å². The molecule has 4 aromatic carbocycles. The molecule has 0 radical (unpaired) electrons. The number of carboxylic acids is 2. The second-order valence-electron chi connectivity index (χ2n) is 16.9. The lowest BCUT2D eigenvalue weighted by Gasteiger charge is -2.10. The lowest BCUT2D eigenvalue weighted by Crippen LogP contribution is -2.17. The Hall–Kier alpha value is -6.68. The summed E-state index contributed by atoms with van der Waals surface area (Å²) >= 11 is 23.2. The number of thioether (sulfide) groups is 2. The van der Waals surface area contributed by atoms with Crippen LogP contribution in [0, 0.1) is 29.1 Å². The summed E-state index contributed by atoms with van der Waals surface area (Å²) in [5.74, 6) is -7.48. The number of nitrogens with one attached hydrogen (secondary N) is 2. The van der Waals surface area contributed by atoms with E-state index in [1.165, 1.54) is 98.8 Å². The van der Waals surface area contributed by atoms with E-state index in [2.05, 4.69) is 53.2 Å². The number of carbonyl (C=O) groups excluding carboxylic acids is 2. The number of sulfone groups is 1. The molecule has 0 aliphatic carbocycles. The van der Waals surface area contributed by atoms with Gasteiger partial charge in [0, 0.05) is 31.4 Å². The lowest BCUT2D eigenvalue weighted by molar-refractivity contribution is 0.0685. The maximum atomic E-state index is 14.1. The van der Waals surface area contributed by atoms with Crippen molar-refractivity contribution in [3.63, 3.8) is 0 Å². The van der Waals surface area contributed by atoms with Gasteiger partial charge in [0.05, 0.1) is 70.6 Å². The normalized spacial score (nSPS) is 10.4. The molecule has 7 rings (SSSR count). The first-order chi connectivity index (χ1) is 37.8. The second-order valence-corrected chi connectivity index (χ2v) is 24.6. The average Bonchev–Trinajstić information content (AvgIpc) is 3.41. The molecular weight excluding hydrogens is 1220 g/mol. The van der Waals surface area contributed by atoms with Gasteiger partial charge in [0.25, 0.3) is 11.8 Å². The van der Waals surface area contributed by atoms with Gasteiger partial charge in [-0.05, 0) is 127 Å². The van der Waals surface area contributed by atoms with Crippen molar-refractivity contribution < 1.29 is 59.8 Å². The fourth-order valence-corrected chi connectivity index (χ4v) is 8.25. The van der Waals surface area contributed by atoms with Gasteiger partial charge in [-0.25, -0.2) is 69.9 Å². The van der Waals surface area contributed by atoms with Crippen LogP contribution < -0.4 is 16.4 Å². The summed E-state index contributed by atoms with van der Waals surface area (Å²) in [6, 6.07) is 14.0. The molecular formula is C53H57Cl3F5N9O8S4. The molecule has 2 amide bonds. The summed E-state index contributed by atoms with van der Waals surface area (Å²) in [5, 5.41) is 22.6. The number of thiol groups is 1. The van der Waals surface area contributed by atoms with Crippen LogP contribution in [0.15, 0.2) is 125 Å². The van der Waals surface area contributed by atoms with Gasteiger partial charge in [-0.2, -0.15) is 12.6 Å². The Morgan fingerprint density at radius 1 is 0.524 bits per heavy atom. The summed E-state index contributed by atoms with van der Waals surface area (Å²) in [4.78, 5) is 67.4. The number of benzene rings is 4. The van der Waals surface area contributed by atoms with Gasteiger partial charge in [-0.3, -0.25) is 9.59 Å². The van der Waals surface area contributed by atoms with Crippen molar-refractivity contribution in [3.8, 4) is 0 Å². The second kappa shape index (κ2) is 36.0. The molecule has 0 saturated heterocycles. The number of amides is 2. The van der Waals surface area contributed by atoms with Crippen molar-refractivity contribution in [2.24, 2.45) is 0 Å². The van der Waals surface area contributed by atoms with Crippen molar-refractivity contribution in [2.45, 2.75) is 98.5 Å². The molecule has 0 fully saturated rings. The summed E-state index contributed by atoms with van der Waals surface area (Å²) in [5.41, 5.74) is 6.36. The number of anilines is 3. The molecule has 0 aliphatic heterocycles. The maximum absolute atomic E-state index is 14.1. The van der Waals surface area contributed by atoms with E-state index in [0.29, 0.717) is 32.5 Å². The Labute approximate surface area is 500 Å². The van der Waals surface area contributed by atoms with Crippen LogP contribution in [0.3, 0.4) is 0 Å². The van der Waals surface area contributed by atoms with Gasteiger partial charge in [-0.1, -0.05) is 49.0 Å². The molecule has 29 heteroatoms. The highest BCUT2D eigenvalue weighted by Crippen LogP contribution is 2.28. The van der Waals surface area contributed by atoms with Crippen LogP contribution in [-0.4, -0.2) is 93.3 Å². The SMILES string of the molecule is C.CC(C)S.CC(C)S(=O)(=O)c1ccc(C(=O)Nc2cnc(Cl)nc2)cc1F.CC(C)Sc1ccc(C(=O)Nc2cnc(Cl)nc2)cc1F.CC(C)Sc1ccc(C(=O)O)cc1F.Nc1cnc(Cl)nc1.O=C(O)c1ccc(F)c(F)c1. The number of rotatable bonds is 12. The number of hydrogen-bond acceptors (Lipinski definition) is 16. The summed E-state index contributed by atoms with van der Waals surface area (Å²) in [6.07, 6.45) is 8.26. The van der Waals surface area contributed by atoms with Gasteiger partial charge >= 0.3 is 11.9 Å². The van der Waals surface area contributed by atoms with E-state index in [9.17, 15) is 49.5 Å². The van der Waals surface area contributed by atoms with Crippen molar-refractivity contribution in [3.05, 3.63) is 177 Å². The minimum Gasteiger partial charge on any atom is -0.478 e. The zero-order valence-corrected chi connectivity index (χ0v) is 49.6. The summed E-state index contributed by atoms with van der Waals surface area (Å²) < 4.78 is 89.7. The van der Waals surface area contributed by atoms with Crippen LogP contribution >= 0.6 is 71.0 Å². The number of carboxylic acid groups (broad SMARTS) is 2. The van der Waals surface area contributed by atoms with Gasteiger partial charge in [0.1, 0.15) is 22.3 Å². The number of nitrogens with zero attached hydrogens (tertiary/aromatic N) is 6. The molecule has 3 aromatic heterocycles. The average molecular weight is 1280 g/mol. The van der Waals surface area contributed by atoms with Crippen molar-refractivity contribution in [1.82, 2.24) is 29.9 Å². The first-order valence-electron chi connectivity index (χ1n) is 23.2. The van der Waals surface area contributed by atoms with E-state index in [-0.39, 0.29) is 61.7 Å². The Balaban J connectivity index is 0.000000523. The molecule has 7 aromatic rings. The fraction of sp³-hybridized carbons (Fsp3) is 0.245. The quantitative estimate of drug-likeness (QED) is 0.0287.